The van der Waals surface area contributed by atoms with E-state index in [2.05, 4.69) is 16.9 Å². The second kappa shape index (κ2) is 9.69. The predicted molar refractivity (Wildman–Crippen MR) is 82.0 cm³/mol. The number of allylic oxidation sites excluding steroid dienone is 4. The van der Waals surface area contributed by atoms with Crippen LogP contribution in [0.2, 0.25) is 0 Å². The summed E-state index contributed by atoms with van der Waals surface area (Å²) in [6.07, 6.45) is 9.30. The molecule has 0 bridgehead atoms. The maximum Gasteiger partial charge on any atom is 0.0804 e. The van der Waals surface area contributed by atoms with Crippen molar-refractivity contribution in [3.63, 3.8) is 0 Å². The fraction of sp³-hybridized carbons (Fsp3) is 0.250. The van der Waals surface area contributed by atoms with E-state index in [9.17, 15) is 0 Å². The Bertz CT molecular complexity index is 492. The van der Waals surface area contributed by atoms with Crippen LogP contribution in [-0.4, -0.2) is 23.7 Å². The molecular formula is C16H21N3O. The highest BCUT2D eigenvalue weighted by molar-refractivity contribution is 5.22. The van der Waals surface area contributed by atoms with Crippen molar-refractivity contribution >= 4 is 0 Å². The molecule has 0 aliphatic carbocycles. The summed E-state index contributed by atoms with van der Waals surface area (Å²) in [5.74, 6) is 0. The quantitative estimate of drug-likeness (QED) is 0.448. The van der Waals surface area contributed by atoms with Gasteiger partial charge in [-0.1, -0.05) is 66.4 Å². The van der Waals surface area contributed by atoms with Gasteiger partial charge in [0.1, 0.15) is 0 Å². The first-order valence-electron chi connectivity index (χ1n) is 6.47. The molecule has 4 nitrogen and oxygen atoms in total. The molecule has 0 aromatic heterocycles. The van der Waals surface area contributed by atoms with Gasteiger partial charge < -0.3 is 5.11 Å². The molecule has 0 saturated heterocycles. The van der Waals surface area contributed by atoms with Crippen LogP contribution < -0.4 is 0 Å². The van der Waals surface area contributed by atoms with Crippen molar-refractivity contribution in [3.8, 4) is 0 Å². The molecule has 0 aliphatic heterocycles. The molecule has 1 N–H and O–H groups in total. The van der Waals surface area contributed by atoms with Crippen LogP contribution in [0.3, 0.4) is 0 Å². The summed E-state index contributed by atoms with van der Waals surface area (Å²) in [6, 6.07) is 7.80. The van der Waals surface area contributed by atoms with Crippen LogP contribution in [0, 0.1) is 0 Å². The van der Waals surface area contributed by atoms with E-state index in [1.54, 1.807) is 11.1 Å². The van der Waals surface area contributed by atoms with Crippen LogP contribution in [0.25, 0.3) is 0 Å². The summed E-state index contributed by atoms with van der Waals surface area (Å²) >= 11 is 0. The summed E-state index contributed by atoms with van der Waals surface area (Å²) in [4.78, 5) is 0. The zero-order valence-corrected chi connectivity index (χ0v) is 11.8. The second-order valence-electron chi connectivity index (χ2n) is 4.26. The third-order valence-electron chi connectivity index (χ3n) is 2.48. The molecule has 0 aliphatic rings. The van der Waals surface area contributed by atoms with E-state index in [0.29, 0.717) is 13.1 Å². The lowest BCUT2D eigenvalue weighted by atomic mass is 10.1. The Balaban J connectivity index is 2.38. The van der Waals surface area contributed by atoms with Crippen molar-refractivity contribution < 1.29 is 5.11 Å². The Morgan fingerprint density at radius 3 is 2.80 bits per heavy atom. The van der Waals surface area contributed by atoms with Crippen molar-refractivity contribution in [2.75, 3.05) is 13.6 Å². The van der Waals surface area contributed by atoms with E-state index in [0.717, 1.165) is 11.1 Å². The molecule has 0 radical (unpaired) electrons. The molecule has 1 rings (SSSR count). The van der Waals surface area contributed by atoms with E-state index in [4.69, 9.17) is 5.11 Å². The lowest BCUT2D eigenvalue weighted by Crippen LogP contribution is -2.09. The Kier molecular flexibility index (Phi) is 7.69. The number of aliphatic hydroxyl groups excluding tert-OH is 1. The van der Waals surface area contributed by atoms with E-state index >= 15 is 0 Å². The van der Waals surface area contributed by atoms with Gasteiger partial charge in [-0.3, -0.25) is 5.01 Å². The highest BCUT2D eigenvalue weighted by atomic mass is 16.3. The lowest BCUT2D eigenvalue weighted by molar-refractivity contribution is 0.281. The van der Waals surface area contributed by atoms with Gasteiger partial charge in [-0.15, -0.1) is 0 Å². The molecule has 0 heterocycles. The van der Waals surface area contributed by atoms with Crippen molar-refractivity contribution in [2.45, 2.75) is 13.2 Å². The maximum atomic E-state index is 9.08. The van der Waals surface area contributed by atoms with Crippen LogP contribution in [0.1, 0.15) is 11.1 Å². The molecule has 20 heavy (non-hydrogen) atoms. The zero-order valence-electron chi connectivity index (χ0n) is 11.8. The Labute approximate surface area is 120 Å². The second-order valence-corrected chi connectivity index (χ2v) is 4.26. The number of benzene rings is 1. The van der Waals surface area contributed by atoms with Crippen LogP contribution in [0.4, 0.5) is 0 Å². The molecule has 0 saturated carbocycles. The monoisotopic (exact) mass is 271 g/mol. The van der Waals surface area contributed by atoms with E-state index in [1.165, 1.54) is 0 Å². The van der Waals surface area contributed by atoms with E-state index in [-0.39, 0.29) is 6.61 Å². The fourth-order valence-electron chi connectivity index (χ4n) is 1.60. The fourth-order valence-corrected chi connectivity index (χ4v) is 1.60. The number of aliphatic hydroxyl groups is 1. The third-order valence-corrected chi connectivity index (χ3v) is 2.48. The van der Waals surface area contributed by atoms with Gasteiger partial charge in [0.2, 0.25) is 0 Å². The number of hydrogen-bond acceptors (Lipinski definition) is 3. The highest BCUT2D eigenvalue weighted by Crippen LogP contribution is 2.07. The third kappa shape index (κ3) is 6.66. The summed E-state index contributed by atoms with van der Waals surface area (Å²) in [5, 5.41) is 19.0. The molecule has 4 heteroatoms. The summed E-state index contributed by atoms with van der Waals surface area (Å²) < 4.78 is 0. The average Bonchev–Trinajstić information content (AvgIpc) is 2.46. The van der Waals surface area contributed by atoms with Crippen molar-refractivity contribution in [2.24, 2.45) is 10.3 Å². The van der Waals surface area contributed by atoms with E-state index in [1.807, 2.05) is 55.6 Å². The Hall–Kier alpha value is -2.20. The Morgan fingerprint density at radius 2 is 2.05 bits per heavy atom. The van der Waals surface area contributed by atoms with Gasteiger partial charge in [0, 0.05) is 7.05 Å². The first-order valence-corrected chi connectivity index (χ1v) is 6.47. The molecule has 0 fully saturated rings. The van der Waals surface area contributed by atoms with Crippen molar-refractivity contribution in [3.05, 3.63) is 72.4 Å². The first-order chi connectivity index (χ1) is 9.76. The zero-order chi connectivity index (χ0) is 14.6. The van der Waals surface area contributed by atoms with Crippen LogP contribution in [0.5, 0.6) is 0 Å². The minimum Gasteiger partial charge on any atom is -0.392 e. The molecule has 0 amide bonds. The highest BCUT2D eigenvalue weighted by Gasteiger charge is 1.98. The first kappa shape index (κ1) is 15.9. The molecule has 0 unspecified atom stereocenters. The van der Waals surface area contributed by atoms with Gasteiger partial charge in [0.25, 0.3) is 0 Å². The molecular weight excluding hydrogens is 250 g/mol. The van der Waals surface area contributed by atoms with Gasteiger partial charge >= 0.3 is 0 Å². The number of rotatable bonds is 8. The maximum absolute atomic E-state index is 9.08. The average molecular weight is 271 g/mol. The van der Waals surface area contributed by atoms with Crippen LogP contribution in [-0.2, 0) is 13.2 Å². The summed E-state index contributed by atoms with van der Waals surface area (Å²) in [6.45, 7) is 4.85. The predicted octanol–water partition coefficient (Wildman–Crippen LogP) is 3.28. The largest absolute Gasteiger partial charge is 0.392 e. The van der Waals surface area contributed by atoms with Gasteiger partial charge in [0.15, 0.2) is 0 Å². The molecule has 1 aromatic rings. The van der Waals surface area contributed by atoms with Gasteiger partial charge in [0.05, 0.1) is 19.7 Å². The summed E-state index contributed by atoms with van der Waals surface area (Å²) in [7, 11) is 1.87. The van der Waals surface area contributed by atoms with Crippen molar-refractivity contribution in [1.82, 2.24) is 5.01 Å². The number of nitrogens with zero attached hydrogens (tertiary/aromatic N) is 3. The van der Waals surface area contributed by atoms with Gasteiger partial charge in [-0.05, 0) is 11.1 Å². The van der Waals surface area contributed by atoms with Gasteiger partial charge in [-0.2, -0.15) is 5.11 Å². The summed E-state index contributed by atoms with van der Waals surface area (Å²) in [5.41, 5.74) is 2.01. The number of hydrogen-bond donors (Lipinski definition) is 1. The molecule has 1 aromatic carbocycles. The molecule has 106 valence electrons. The Morgan fingerprint density at radius 1 is 1.25 bits per heavy atom. The lowest BCUT2D eigenvalue weighted by Gasteiger charge is -2.11. The smallest absolute Gasteiger partial charge is 0.0804 e. The van der Waals surface area contributed by atoms with Gasteiger partial charge in [-0.25, -0.2) is 0 Å². The topological polar surface area (TPSA) is 48.2 Å². The van der Waals surface area contributed by atoms with Crippen LogP contribution >= 0.6 is 0 Å². The van der Waals surface area contributed by atoms with Crippen LogP contribution in [0.15, 0.2) is 71.6 Å². The van der Waals surface area contributed by atoms with E-state index < -0.39 is 0 Å². The standard InChI is InChI=1S/C16H21N3O/c1-3-4-5-6-7-11-17-18-19(2)13-15-9-8-10-16(12-15)14-20/h3-10,12,20H,1,11,13-14H2,2H3/b5-4-,7-6+,18-17?. The minimum absolute atomic E-state index is 0.0576. The minimum atomic E-state index is 0.0576. The SMILES string of the molecule is C=C/C=C\C=C\CN=NN(C)Cc1cccc(CO)c1. The van der Waals surface area contributed by atoms with Crippen molar-refractivity contribution in [1.29, 1.82) is 0 Å². The molecule has 0 atom stereocenters. The normalized spacial score (nSPS) is 11.7. The molecule has 0 spiro atoms.